The molecule has 11 heteroatoms. The summed E-state index contributed by atoms with van der Waals surface area (Å²) in [6.07, 6.45) is -1.09. The largest absolute Gasteiger partial charge is 0.465 e. The van der Waals surface area contributed by atoms with E-state index in [0.717, 1.165) is 21.1 Å². The van der Waals surface area contributed by atoms with Crippen LogP contribution in [0.25, 0.3) is 0 Å². The maximum Gasteiger partial charge on any atom is 0.348 e. The highest BCUT2D eigenvalue weighted by Gasteiger charge is 2.61. The van der Waals surface area contributed by atoms with E-state index in [-0.39, 0.29) is 22.0 Å². The second-order valence-electron chi connectivity index (χ2n) is 8.13. The SMILES string of the molecule is CCOC(=O)c1sc(N2C(=O)[C@@H]3[C@@H](c4cccs4)N(c4ccccc4)O[C@H]3C2=O)c(C(=O)OC)c1C. The van der Waals surface area contributed by atoms with Gasteiger partial charge in [-0.3, -0.25) is 14.4 Å². The van der Waals surface area contributed by atoms with Crippen LogP contribution in [0.2, 0.25) is 0 Å². The number of ether oxygens (including phenoxy) is 2. The van der Waals surface area contributed by atoms with Gasteiger partial charge < -0.3 is 9.47 Å². The lowest BCUT2D eigenvalue weighted by molar-refractivity contribution is -0.126. The summed E-state index contributed by atoms with van der Waals surface area (Å²) in [7, 11) is 1.20. The van der Waals surface area contributed by atoms with Gasteiger partial charge in [-0.2, -0.15) is 0 Å². The van der Waals surface area contributed by atoms with E-state index in [4.69, 9.17) is 14.3 Å². The van der Waals surface area contributed by atoms with Crippen molar-refractivity contribution in [2.75, 3.05) is 23.7 Å². The molecule has 0 aliphatic carbocycles. The Morgan fingerprint density at radius 3 is 2.44 bits per heavy atom. The first-order valence-electron chi connectivity index (χ1n) is 11.2. The summed E-state index contributed by atoms with van der Waals surface area (Å²) in [6.45, 7) is 3.36. The Kier molecular flexibility index (Phi) is 6.37. The van der Waals surface area contributed by atoms with Crippen molar-refractivity contribution >= 4 is 57.1 Å². The Morgan fingerprint density at radius 1 is 1.06 bits per heavy atom. The Bertz CT molecular complexity index is 1340. The van der Waals surface area contributed by atoms with Crippen LogP contribution in [-0.4, -0.2) is 43.6 Å². The zero-order valence-electron chi connectivity index (χ0n) is 19.6. The summed E-state index contributed by atoms with van der Waals surface area (Å²) >= 11 is 2.32. The van der Waals surface area contributed by atoms with Crippen LogP contribution in [-0.2, 0) is 23.9 Å². The van der Waals surface area contributed by atoms with Crippen molar-refractivity contribution in [1.82, 2.24) is 0 Å². The number of hydrogen-bond donors (Lipinski definition) is 0. The highest BCUT2D eigenvalue weighted by atomic mass is 32.1. The molecule has 0 radical (unpaired) electrons. The predicted octanol–water partition coefficient (Wildman–Crippen LogP) is 4.13. The molecule has 9 nitrogen and oxygen atoms in total. The van der Waals surface area contributed by atoms with E-state index in [1.807, 2.05) is 47.8 Å². The van der Waals surface area contributed by atoms with Gasteiger partial charge in [0.1, 0.15) is 21.8 Å². The van der Waals surface area contributed by atoms with Gasteiger partial charge in [-0.25, -0.2) is 19.6 Å². The summed E-state index contributed by atoms with van der Waals surface area (Å²) < 4.78 is 10.0. The van der Waals surface area contributed by atoms with Crippen LogP contribution in [0.3, 0.4) is 0 Å². The molecule has 2 aromatic heterocycles. The number of anilines is 2. The Morgan fingerprint density at radius 2 is 1.81 bits per heavy atom. The molecule has 4 heterocycles. The second-order valence-corrected chi connectivity index (χ2v) is 10.1. The van der Waals surface area contributed by atoms with Crippen molar-refractivity contribution in [2.45, 2.75) is 26.0 Å². The molecule has 1 aromatic carbocycles. The lowest BCUT2D eigenvalue weighted by Gasteiger charge is -2.27. The molecule has 3 aromatic rings. The van der Waals surface area contributed by atoms with E-state index in [1.54, 1.807) is 18.9 Å². The number of benzene rings is 1. The van der Waals surface area contributed by atoms with Gasteiger partial charge in [0.05, 0.1) is 25.0 Å². The van der Waals surface area contributed by atoms with E-state index >= 15 is 0 Å². The Hall–Kier alpha value is -3.54. The van der Waals surface area contributed by atoms with E-state index in [9.17, 15) is 19.2 Å². The van der Waals surface area contributed by atoms with Gasteiger partial charge in [0.15, 0.2) is 6.10 Å². The Balaban J connectivity index is 1.59. The third-order valence-electron chi connectivity index (χ3n) is 6.14. The highest BCUT2D eigenvalue weighted by molar-refractivity contribution is 7.19. The number of carbonyl (C=O) groups excluding carboxylic acids is 4. The van der Waals surface area contributed by atoms with Crippen molar-refractivity contribution in [3.63, 3.8) is 0 Å². The van der Waals surface area contributed by atoms with Crippen LogP contribution in [0.1, 0.15) is 43.4 Å². The monoisotopic (exact) mass is 526 g/mol. The van der Waals surface area contributed by atoms with Gasteiger partial charge in [-0.1, -0.05) is 24.3 Å². The first kappa shape index (κ1) is 24.2. The summed E-state index contributed by atoms with van der Waals surface area (Å²) in [5, 5.41) is 3.54. The number of para-hydroxylation sites is 1. The summed E-state index contributed by atoms with van der Waals surface area (Å²) in [4.78, 5) is 60.9. The first-order chi connectivity index (χ1) is 17.4. The number of hydrogen-bond acceptors (Lipinski definition) is 10. The Labute approximate surface area is 214 Å². The highest BCUT2D eigenvalue weighted by Crippen LogP contribution is 2.50. The van der Waals surface area contributed by atoms with E-state index < -0.39 is 41.8 Å². The number of methoxy groups -OCH3 is 1. The fraction of sp³-hybridized carbons (Fsp3) is 0.280. The third-order valence-corrected chi connectivity index (χ3v) is 8.34. The number of esters is 2. The number of fused-ring (bicyclic) bond motifs is 1. The van der Waals surface area contributed by atoms with Crippen LogP contribution in [0, 0.1) is 12.8 Å². The maximum absolute atomic E-state index is 13.9. The van der Waals surface area contributed by atoms with E-state index in [1.165, 1.54) is 18.4 Å². The van der Waals surface area contributed by atoms with Gasteiger partial charge in [-0.05, 0) is 43.0 Å². The van der Waals surface area contributed by atoms with Crippen molar-refractivity contribution in [3.8, 4) is 0 Å². The summed E-state index contributed by atoms with van der Waals surface area (Å²) in [5.74, 6) is -3.36. The molecular weight excluding hydrogens is 504 g/mol. The molecule has 0 spiro atoms. The van der Waals surface area contributed by atoms with Crippen molar-refractivity contribution in [3.05, 3.63) is 68.7 Å². The molecule has 2 aliphatic heterocycles. The van der Waals surface area contributed by atoms with Gasteiger partial charge in [-0.15, -0.1) is 22.7 Å². The second kappa shape index (κ2) is 9.49. The summed E-state index contributed by atoms with van der Waals surface area (Å²) in [6, 6.07) is 12.5. The minimum Gasteiger partial charge on any atom is -0.465 e. The van der Waals surface area contributed by atoms with Crippen molar-refractivity contribution < 1.29 is 33.5 Å². The van der Waals surface area contributed by atoms with E-state index in [2.05, 4.69) is 0 Å². The minimum absolute atomic E-state index is 0.0141. The predicted molar refractivity (Wildman–Crippen MR) is 133 cm³/mol. The maximum atomic E-state index is 13.9. The smallest absolute Gasteiger partial charge is 0.348 e. The average Bonchev–Trinajstić information content (AvgIpc) is 3.64. The van der Waals surface area contributed by atoms with Crippen LogP contribution >= 0.6 is 22.7 Å². The lowest BCUT2D eigenvalue weighted by Crippen LogP contribution is -2.37. The number of rotatable bonds is 6. The molecule has 0 saturated carbocycles. The van der Waals surface area contributed by atoms with Gasteiger partial charge in [0, 0.05) is 4.88 Å². The normalized spacial score (nSPS) is 21.1. The topological polar surface area (TPSA) is 102 Å². The minimum atomic E-state index is -1.09. The zero-order chi connectivity index (χ0) is 25.6. The fourth-order valence-electron chi connectivity index (χ4n) is 4.55. The number of hydroxylamine groups is 1. The van der Waals surface area contributed by atoms with Gasteiger partial charge in [0.2, 0.25) is 5.91 Å². The van der Waals surface area contributed by atoms with E-state index in [0.29, 0.717) is 11.3 Å². The number of thiophene rings is 2. The molecule has 2 aliphatic rings. The number of nitrogens with zero attached hydrogens (tertiary/aromatic N) is 2. The molecule has 2 amide bonds. The molecule has 186 valence electrons. The molecule has 0 N–H and O–H groups in total. The first-order valence-corrected chi connectivity index (χ1v) is 12.9. The molecular formula is C25H22N2O7S2. The molecule has 2 fully saturated rings. The quantitative estimate of drug-likeness (QED) is 0.349. The molecule has 0 bridgehead atoms. The molecule has 3 atom stereocenters. The number of imide groups is 1. The summed E-state index contributed by atoms with van der Waals surface area (Å²) in [5.41, 5.74) is 0.990. The van der Waals surface area contributed by atoms with Gasteiger partial charge >= 0.3 is 11.9 Å². The fourth-order valence-corrected chi connectivity index (χ4v) is 6.60. The van der Waals surface area contributed by atoms with Crippen molar-refractivity contribution in [2.24, 2.45) is 5.92 Å². The van der Waals surface area contributed by atoms with Crippen molar-refractivity contribution in [1.29, 1.82) is 0 Å². The van der Waals surface area contributed by atoms with Crippen LogP contribution in [0.5, 0.6) is 0 Å². The van der Waals surface area contributed by atoms with Gasteiger partial charge in [0.25, 0.3) is 5.91 Å². The molecule has 0 unspecified atom stereocenters. The van der Waals surface area contributed by atoms with Crippen LogP contribution in [0.15, 0.2) is 47.8 Å². The average molecular weight is 527 g/mol. The van der Waals surface area contributed by atoms with Crippen LogP contribution in [0.4, 0.5) is 10.7 Å². The molecule has 2 saturated heterocycles. The van der Waals surface area contributed by atoms with Crippen LogP contribution < -0.4 is 9.96 Å². The number of carbonyl (C=O) groups is 4. The molecule has 36 heavy (non-hydrogen) atoms. The standard InChI is InChI=1S/C25H22N2O7S2/c1-4-33-25(31)20-13(2)16(24(30)32-3)23(36-20)26-21(28)17-18(15-11-8-12-35-15)27(34-19(17)22(26)29)14-9-6-5-7-10-14/h5-12,17-19H,4H2,1-3H3/t17-,18-,19-/m1/s1. The lowest BCUT2D eigenvalue weighted by atomic mass is 9.95. The number of amides is 2. The molecule has 5 rings (SSSR count). The zero-order valence-corrected chi connectivity index (χ0v) is 21.3. The third kappa shape index (κ3) is 3.71.